The number of carbonyl (C=O) groups excluding carboxylic acids is 1. The van der Waals surface area contributed by atoms with Gasteiger partial charge in [0.15, 0.2) is 0 Å². The van der Waals surface area contributed by atoms with Crippen LogP contribution in [0.1, 0.15) is 12.5 Å². The van der Waals surface area contributed by atoms with Gasteiger partial charge in [0.2, 0.25) is 0 Å². The first-order valence-electron chi connectivity index (χ1n) is 6.22. The van der Waals surface area contributed by atoms with E-state index in [0.717, 1.165) is 22.2 Å². The Labute approximate surface area is 132 Å². The third-order valence-corrected chi connectivity index (χ3v) is 4.25. The van der Waals surface area contributed by atoms with Crippen molar-refractivity contribution < 1.29 is 14.7 Å². The van der Waals surface area contributed by atoms with Crippen LogP contribution in [-0.4, -0.2) is 32.2 Å². The number of aliphatic carboxylic acids is 1. The van der Waals surface area contributed by atoms with E-state index in [2.05, 4.69) is 0 Å². The maximum Gasteiger partial charge on any atom is 0.326 e. The maximum absolute atomic E-state index is 12.2. The second-order valence-electron chi connectivity index (χ2n) is 4.36. The van der Waals surface area contributed by atoms with E-state index in [9.17, 15) is 9.59 Å². The summed E-state index contributed by atoms with van der Waals surface area (Å²) in [6.45, 7) is 1.44. The largest absolute Gasteiger partial charge is 0.480 e. The zero-order valence-electron chi connectivity index (χ0n) is 11.2. The van der Waals surface area contributed by atoms with E-state index >= 15 is 0 Å². The van der Waals surface area contributed by atoms with Crippen LogP contribution >= 0.6 is 24.0 Å². The lowest BCUT2D eigenvalue weighted by Gasteiger charge is -2.18. The molecule has 1 N–H and O–H groups in total. The molecule has 2 rings (SSSR count). The van der Waals surface area contributed by atoms with Crippen LogP contribution in [-0.2, 0) is 9.59 Å². The van der Waals surface area contributed by atoms with Crippen molar-refractivity contribution in [1.82, 2.24) is 4.90 Å². The molecule has 1 unspecified atom stereocenters. The number of benzene rings is 1. The molecular formula is C15H13NO3S2. The van der Waals surface area contributed by atoms with Gasteiger partial charge >= 0.3 is 5.97 Å². The van der Waals surface area contributed by atoms with Crippen molar-refractivity contribution in [3.63, 3.8) is 0 Å². The van der Waals surface area contributed by atoms with Crippen LogP contribution in [0.15, 0.2) is 47.4 Å². The highest BCUT2D eigenvalue weighted by Crippen LogP contribution is 2.32. The van der Waals surface area contributed by atoms with E-state index in [1.807, 2.05) is 36.4 Å². The van der Waals surface area contributed by atoms with Crippen LogP contribution in [0.4, 0.5) is 0 Å². The van der Waals surface area contributed by atoms with Crippen LogP contribution in [0.25, 0.3) is 6.08 Å². The summed E-state index contributed by atoms with van der Waals surface area (Å²) in [5, 5.41) is 8.99. The molecular weight excluding hydrogens is 306 g/mol. The van der Waals surface area contributed by atoms with Gasteiger partial charge < -0.3 is 5.11 Å². The summed E-state index contributed by atoms with van der Waals surface area (Å²) in [4.78, 5) is 24.7. The first kappa shape index (κ1) is 15.5. The molecule has 1 aromatic carbocycles. The minimum atomic E-state index is -1.08. The number of thiocarbonyl (C=S) groups is 1. The number of hydrogen-bond donors (Lipinski definition) is 1. The molecule has 1 amide bonds. The van der Waals surface area contributed by atoms with Gasteiger partial charge in [0.25, 0.3) is 5.91 Å². The topological polar surface area (TPSA) is 57.6 Å². The first-order chi connectivity index (χ1) is 10.0. The zero-order valence-corrected chi connectivity index (χ0v) is 12.9. The SMILES string of the molecule is CC(C(=O)O)N1C(=O)/C(=C/C=C/c2ccccc2)SC1=S. The standard InChI is InChI=1S/C15H13NO3S2/c1-10(14(18)19)16-13(17)12(21-15(16)20)9-5-8-11-6-3-2-4-7-11/h2-10H,1H3,(H,18,19)/b8-5+,12-9-. The molecule has 0 aliphatic carbocycles. The highest BCUT2D eigenvalue weighted by molar-refractivity contribution is 8.26. The molecule has 0 radical (unpaired) electrons. The predicted molar refractivity (Wildman–Crippen MR) is 87.7 cm³/mol. The number of carboxylic acid groups (broad SMARTS) is 1. The molecule has 1 aromatic rings. The fourth-order valence-electron chi connectivity index (χ4n) is 1.75. The normalized spacial score (nSPS) is 18.7. The number of amides is 1. The molecule has 1 saturated heterocycles. The van der Waals surface area contributed by atoms with E-state index in [-0.39, 0.29) is 10.2 Å². The number of hydrogen-bond acceptors (Lipinski definition) is 4. The van der Waals surface area contributed by atoms with E-state index in [0.29, 0.717) is 4.91 Å². The van der Waals surface area contributed by atoms with Gasteiger partial charge in [0.05, 0.1) is 4.91 Å². The van der Waals surface area contributed by atoms with Crippen molar-refractivity contribution in [3.05, 3.63) is 53.0 Å². The lowest BCUT2D eigenvalue weighted by Crippen LogP contribution is -2.41. The molecule has 6 heteroatoms. The molecule has 1 atom stereocenters. The Hall–Kier alpha value is -1.92. The van der Waals surface area contributed by atoms with Gasteiger partial charge in [-0.2, -0.15) is 0 Å². The van der Waals surface area contributed by atoms with Crippen molar-refractivity contribution >= 4 is 46.3 Å². The van der Waals surface area contributed by atoms with Crippen LogP contribution in [0.2, 0.25) is 0 Å². The number of rotatable bonds is 4. The highest BCUT2D eigenvalue weighted by Gasteiger charge is 2.37. The van der Waals surface area contributed by atoms with E-state index < -0.39 is 12.0 Å². The van der Waals surface area contributed by atoms with Gasteiger partial charge in [0.1, 0.15) is 10.4 Å². The van der Waals surface area contributed by atoms with Crippen molar-refractivity contribution in [1.29, 1.82) is 0 Å². The lowest BCUT2D eigenvalue weighted by atomic mass is 10.2. The van der Waals surface area contributed by atoms with Gasteiger partial charge in [-0.1, -0.05) is 66.5 Å². The van der Waals surface area contributed by atoms with Crippen molar-refractivity contribution in [2.45, 2.75) is 13.0 Å². The average molecular weight is 319 g/mol. The van der Waals surface area contributed by atoms with E-state index in [1.54, 1.807) is 12.2 Å². The number of allylic oxidation sites excluding steroid dienone is 2. The van der Waals surface area contributed by atoms with Gasteiger partial charge in [-0.3, -0.25) is 9.69 Å². The molecule has 0 spiro atoms. The van der Waals surface area contributed by atoms with Crippen LogP contribution in [0.3, 0.4) is 0 Å². The Morgan fingerprint density at radius 2 is 2.05 bits per heavy atom. The molecule has 108 valence electrons. The summed E-state index contributed by atoms with van der Waals surface area (Å²) < 4.78 is 0.272. The second-order valence-corrected chi connectivity index (χ2v) is 6.03. The number of nitrogens with zero attached hydrogens (tertiary/aromatic N) is 1. The smallest absolute Gasteiger partial charge is 0.326 e. The molecule has 1 aliphatic rings. The quantitative estimate of drug-likeness (QED) is 0.683. The minimum Gasteiger partial charge on any atom is -0.480 e. The monoisotopic (exact) mass is 319 g/mol. The van der Waals surface area contributed by atoms with Crippen LogP contribution in [0.5, 0.6) is 0 Å². The van der Waals surface area contributed by atoms with Crippen molar-refractivity contribution in [2.75, 3.05) is 0 Å². The van der Waals surface area contributed by atoms with Crippen molar-refractivity contribution in [3.8, 4) is 0 Å². The first-order valence-corrected chi connectivity index (χ1v) is 7.45. The number of carboxylic acids is 1. The van der Waals surface area contributed by atoms with Crippen molar-refractivity contribution in [2.24, 2.45) is 0 Å². The van der Waals surface area contributed by atoms with Crippen LogP contribution < -0.4 is 0 Å². The third-order valence-electron chi connectivity index (χ3n) is 2.90. The molecule has 0 saturated carbocycles. The van der Waals surface area contributed by atoms with E-state index in [1.165, 1.54) is 6.92 Å². The summed E-state index contributed by atoms with van der Waals surface area (Å²) >= 11 is 6.19. The Kier molecular flexibility index (Phi) is 4.93. The third kappa shape index (κ3) is 3.59. The molecule has 0 bridgehead atoms. The Bertz CT molecular complexity index is 638. The number of thioether (sulfide) groups is 1. The van der Waals surface area contributed by atoms with Gasteiger partial charge in [-0.25, -0.2) is 4.79 Å². The van der Waals surface area contributed by atoms with Gasteiger partial charge in [-0.15, -0.1) is 0 Å². The summed E-state index contributed by atoms with van der Waals surface area (Å²) in [6, 6.07) is 8.71. The van der Waals surface area contributed by atoms with Gasteiger partial charge in [0, 0.05) is 0 Å². The molecule has 21 heavy (non-hydrogen) atoms. The summed E-state index contributed by atoms with van der Waals surface area (Å²) in [7, 11) is 0. The van der Waals surface area contributed by atoms with Crippen LogP contribution in [0, 0.1) is 0 Å². The zero-order chi connectivity index (χ0) is 15.4. The summed E-state index contributed by atoms with van der Waals surface area (Å²) in [5.74, 6) is -1.44. The molecule has 1 heterocycles. The minimum absolute atomic E-state index is 0.272. The predicted octanol–water partition coefficient (Wildman–Crippen LogP) is 2.92. The maximum atomic E-state index is 12.2. The summed E-state index contributed by atoms with van der Waals surface area (Å²) in [6.07, 6.45) is 5.28. The molecule has 1 aliphatic heterocycles. The Morgan fingerprint density at radius 1 is 1.38 bits per heavy atom. The summed E-state index contributed by atoms with van der Waals surface area (Å²) in [5.41, 5.74) is 1.02. The molecule has 4 nitrogen and oxygen atoms in total. The molecule has 1 fully saturated rings. The fraction of sp³-hybridized carbons (Fsp3) is 0.133. The second kappa shape index (κ2) is 6.69. The highest BCUT2D eigenvalue weighted by atomic mass is 32.2. The fourth-order valence-corrected chi connectivity index (χ4v) is 3.12. The van der Waals surface area contributed by atoms with Gasteiger partial charge in [-0.05, 0) is 18.6 Å². The molecule has 0 aromatic heterocycles. The number of carbonyl (C=O) groups is 2. The Balaban J connectivity index is 2.14. The van der Waals surface area contributed by atoms with E-state index in [4.69, 9.17) is 17.3 Å². The lowest BCUT2D eigenvalue weighted by molar-refractivity contribution is -0.144. The average Bonchev–Trinajstić information content (AvgIpc) is 2.74. The Morgan fingerprint density at radius 3 is 2.67 bits per heavy atom.